The smallest absolute Gasteiger partial charge is 0.248 e. The minimum atomic E-state index is -3.72. The summed E-state index contributed by atoms with van der Waals surface area (Å²) in [6.45, 7) is 1.72. The Morgan fingerprint density at radius 1 is 1.08 bits per heavy atom. The van der Waals surface area contributed by atoms with Crippen molar-refractivity contribution in [2.75, 3.05) is 15.9 Å². The van der Waals surface area contributed by atoms with Gasteiger partial charge in [-0.15, -0.1) is 0 Å². The third-order valence-corrected chi connectivity index (χ3v) is 5.58. The van der Waals surface area contributed by atoms with Crippen LogP contribution in [0.1, 0.15) is 13.3 Å². The first kappa shape index (κ1) is 20.8. The molecule has 0 saturated heterocycles. The van der Waals surface area contributed by atoms with Crippen LogP contribution in [0.25, 0.3) is 0 Å². The standard InChI is InChI=1S/C17H17Cl3N2O3S/c1-3-16(17(23)21-15-9-6-12(19)10-14(15)20)22(26(2,24)25)13-7-4-11(18)5-8-13/h4-10,16H,3H2,1-2H3,(H,21,23)/t16-/m0/s1. The zero-order valence-corrected chi connectivity index (χ0v) is 17.1. The lowest BCUT2D eigenvalue weighted by atomic mass is 10.2. The molecule has 1 atom stereocenters. The van der Waals surface area contributed by atoms with Crippen LogP contribution in [-0.4, -0.2) is 26.6 Å². The Hall–Kier alpha value is -1.47. The zero-order valence-electron chi connectivity index (χ0n) is 14.0. The molecule has 2 rings (SSSR count). The maximum atomic E-state index is 12.8. The summed E-state index contributed by atoms with van der Waals surface area (Å²) in [4.78, 5) is 12.8. The maximum Gasteiger partial charge on any atom is 0.248 e. The maximum absolute atomic E-state index is 12.8. The number of amides is 1. The van der Waals surface area contributed by atoms with Gasteiger partial charge in [0.25, 0.3) is 0 Å². The molecule has 5 nitrogen and oxygen atoms in total. The van der Waals surface area contributed by atoms with Gasteiger partial charge in [0.05, 0.1) is 22.7 Å². The molecule has 0 fully saturated rings. The first-order chi connectivity index (χ1) is 12.1. The van der Waals surface area contributed by atoms with Crippen molar-refractivity contribution in [3.05, 3.63) is 57.5 Å². The Balaban J connectivity index is 2.38. The number of hydrogen-bond acceptors (Lipinski definition) is 3. The lowest BCUT2D eigenvalue weighted by Gasteiger charge is -2.30. The van der Waals surface area contributed by atoms with Crippen molar-refractivity contribution in [2.24, 2.45) is 0 Å². The number of benzene rings is 2. The van der Waals surface area contributed by atoms with Gasteiger partial charge >= 0.3 is 0 Å². The molecule has 0 saturated carbocycles. The predicted octanol–water partition coefficient (Wildman–Crippen LogP) is 4.83. The van der Waals surface area contributed by atoms with Gasteiger partial charge in [0, 0.05) is 10.0 Å². The monoisotopic (exact) mass is 434 g/mol. The van der Waals surface area contributed by atoms with Gasteiger partial charge < -0.3 is 5.32 Å². The van der Waals surface area contributed by atoms with E-state index in [0.717, 1.165) is 10.6 Å². The molecule has 2 aromatic carbocycles. The highest BCUT2D eigenvalue weighted by atomic mass is 35.5. The van der Waals surface area contributed by atoms with Gasteiger partial charge in [-0.1, -0.05) is 41.7 Å². The summed E-state index contributed by atoms with van der Waals surface area (Å²) in [5.41, 5.74) is 0.699. The number of rotatable bonds is 6. The SMILES string of the molecule is CC[C@@H](C(=O)Nc1ccc(Cl)cc1Cl)N(c1ccc(Cl)cc1)S(C)(=O)=O. The minimum Gasteiger partial charge on any atom is -0.323 e. The van der Waals surface area contributed by atoms with E-state index in [1.54, 1.807) is 43.3 Å². The summed E-state index contributed by atoms with van der Waals surface area (Å²) in [7, 11) is -3.72. The lowest BCUT2D eigenvalue weighted by Crippen LogP contribution is -2.47. The van der Waals surface area contributed by atoms with E-state index in [-0.39, 0.29) is 11.4 Å². The topological polar surface area (TPSA) is 66.5 Å². The van der Waals surface area contributed by atoms with Crippen molar-refractivity contribution in [3.63, 3.8) is 0 Å². The average molecular weight is 436 g/mol. The van der Waals surface area contributed by atoms with Gasteiger partial charge in [-0.3, -0.25) is 9.10 Å². The van der Waals surface area contributed by atoms with Crippen molar-refractivity contribution in [1.82, 2.24) is 0 Å². The molecule has 26 heavy (non-hydrogen) atoms. The van der Waals surface area contributed by atoms with Crippen LogP contribution in [0.15, 0.2) is 42.5 Å². The summed E-state index contributed by atoms with van der Waals surface area (Å²) in [6.07, 6.45) is 1.31. The molecule has 0 aliphatic carbocycles. The molecule has 0 aliphatic heterocycles. The average Bonchev–Trinajstić information content (AvgIpc) is 2.55. The summed E-state index contributed by atoms with van der Waals surface area (Å²) in [5, 5.41) is 3.82. The number of carbonyl (C=O) groups is 1. The second-order valence-electron chi connectivity index (χ2n) is 5.57. The second-order valence-corrected chi connectivity index (χ2v) is 8.71. The highest BCUT2D eigenvalue weighted by Gasteiger charge is 2.31. The summed E-state index contributed by atoms with van der Waals surface area (Å²) in [6, 6.07) is 9.90. The number of nitrogens with zero attached hydrogens (tertiary/aromatic N) is 1. The van der Waals surface area contributed by atoms with Gasteiger partial charge in [0.2, 0.25) is 15.9 Å². The van der Waals surface area contributed by atoms with Crippen LogP contribution in [0.3, 0.4) is 0 Å². The fraction of sp³-hybridized carbons (Fsp3) is 0.235. The van der Waals surface area contributed by atoms with E-state index in [2.05, 4.69) is 5.32 Å². The molecular formula is C17H17Cl3N2O3S. The van der Waals surface area contributed by atoms with Gasteiger partial charge in [0.15, 0.2) is 0 Å². The summed E-state index contributed by atoms with van der Waals surface area (Å²) >= 11 is 17.8. The molecule has 0 aromatic heterocycles. The van der Waals surface area contributed by atoms with Crippen molar-refractivity contribution in [2.45, 2.75) is 19.4 Å². The Morgan fingerprint density at radius 2 is 1.65 bits per heavy atom. The van der Waals surface area contributed by atoms with Crippen LogP contribution in [0.4, 0.5) is 11.4 Å². The highest BCUT2D eigenvalue weighted by molar-refractivity contribution is 7.92. The number of anilines is 2. The molecule has 0 unspecified atom stereocenters. The predicted molar refractivity (Wildman–Crippen MR) is 108 cm³/mol. The molecule has 0 heterocycles. The molecule has 1 N–H and O–H groups in total. The van der Waals surface area contributed by atoms with E-state index in [0.29, 0.717) is 21.4 Å². The van der Waals surface area contributed by atoms with E-state index >= 15 is 0 Å². The van der Waals surface area contributed by atoms with E-state index in [9.17, 15) is 13.2 Å². The third kappa shape index (κ3) is 5.04. The lowest BCUT2D eigenvalue weighted by molar-refractivity contribution is -0.117. The minimum absolute atomic E-state index is 0.257. The van der Waals surface area contributed by atoms with Gasteiger partial charge in [-0.05, 0) is 48.9 Å². The van der Waals surface area contributed by atoms with E-state index < -0.39 is 22.0 Å². The first-order valence-corrected chi connectivity index (χ1v) is 10.6. The molecule has 0 spiro atoms. The van der Waals surface area contributed by atoms with Gasteiger partial charge in [-0.25, -0.2) is 8.42 Å². The van der Waals surface area contributed by atoms with E-state index in [1.165, 1.54) is 6.07 Å². The molecule has 9 heteroatoms. The molecule has 1 amide bonds. The largest absolute Gasteiger partial charge is 0.323 e. The number of halogens is 3. The number of carbonyl (C=O) groups excluding carboxylic acids is 1. The fourth-order valence-corrected chi connectivity index (χ4v) is 4.25. The normalized spacial score (nSPS) is 12.5. The Labute approximate surface area is 167 Å². The molecule has 2 aromatic rings. The molecular weight excluding hydrogens is 419 g/mol. The molecule has 0 aliphatic rings. The Kier molecular flexibility index (Phi) is 6.80. The quantitative estimate of drug-likeness (QED) is 0.706. The first-order valence-electron chi connectivity index (χ1n) is 7.64. The zero-order chi connectivity index (χ0) is 19.5. The second kappa shape index (κ2) is 8.48. The summed E-state index contributed by atoms with van der Waals surface area (Å²) < 4.78 is 25.8. The number of nitrogens with one attached hydrogen (secondary N) is 1. The van der Waals surface area contributed by atoms with E-state index in [1.807, 2.05) is 0 Å². The van der Waals surface area contributed by atoms with Crippen LogP contribution >= 0.6 is 34.8 Å². The number of sulfonamides is 1. The number of hydrogen-bond donors (Lipinski definition) is 1. The summed E-state index contributed by atoms with van der Waals surface area (Å²) in [5.74, 6) is -0.503. The molecule has 140 valence electrons. The van der Waals surface area contributed by atoms with Crippen LogP contribution in [0, 0.1) is 0 Å². The third-order valence-electron chi connectivity index (χ3n) is 3.60. The van der Waals surface area contributed by atoms with E-state index in [4.69, 9.17) is 34.8 Å². The van der Waals surface area contributed by atoms with Crippen LogP contribution in [0.2, 0.25) is 15.1 Å². The van der Waals surface area contributed by atoms with Crippen molar-refractivity contribution >= 4 is 62.1 Å². The van der Waals surface area contributed by atoms with Gasteiger partial charge in [-0.2, -0.15) is 0 Å². The van der Waals surface area contributed by atoms with Crippen molar-refractivity contribution in [3.8, 4) is 0 Å². The highest BCUT2D eigenvalue weighted by Crippen LogP contribution is 2.28. The van der Waals surface area contributed by atoms with Crippen molar-refractivity contribution < 1.29 is 13.2 Å². The Bertz CT molecular complexity index is 902. The van der Waals surface area contributed by atoms with Crippen LogP contribution < -0.4 is 9.62 Å². The van der Waals surface area contributed by atoms with Crippen molar-refractivity contribution in [1.29, 1.82) is 0 Å². The van der Waals surface area contributed by atoms with Crippen LogP contribution in [0.5, 0.6) is 0 Å². The fourth-order valence-electron chi connectivity index (χ4n) is 2.46. The molecule has 0 bridgehead atoms. The molecule has 0 radical (unpaired) electrons. The van der Waals surface area contributed by atoms with Gasteiger partial charge in [0.1, 0.15) is 6.04 Å². The van der Waals surface area contributed by atoms with Crippen LogP contribution in [-0.2, 0) is 14.8 Å². The Morgan fingerprint density at radius 3 is 2.15 bits per heavy atom.